The summed E-state index contributed by atoms with van der Waals surface area (Å²) in [5.41, 5.74) is 6.99. The van der Waals surface area contributed by atoms with Gasteiger partial charge in [-0.25, -0.2) is 0 Å². The van der Waals surface area contributed by atoms with Gasteiger partial charge in [-0.2, -0.15) is 0 Å². The molecular weight excluding hydrogens is 464 g/mol. The Morgan fingerprint density at radius 2 is 1.19 bits per heavy atom. The van der Waals surface area contributed by atoms with Gasteiger partial charge in [0.05, 0.1) is 0 Å². The molecule has 0 saturated carbocycles. The third-order valence-corrected chi connectivity index (χ3v) is 9.01. The zero-order valence-electron chi connectivity index (χ0n) is 22.4. The highest BCUT2D eigenvalue weighted by Gasteiger charge is 2.27. The molecule has 0 bridgehead atoms. The zero-order chi connectivity index (χ0) is 25.8. The first-order chi connectivity index (χ1) is 17.7. The van der Waals surface area contributed by atoms with Crippen molar-refractivity contribution in [3.05, 3.63) is 120 Å². The summed E-state index contributed by atoms with van der Waals surface area (Å²) < 4.78 is 2.79. The SMILES string of the molecule is CC(C)(C)c1cccc2cccc(-c3ccccc3CC(C)(C)c3cccc4c3sc3ccccc34)c12. The predicted octanol–water partition coefficient (Wildman–Crippen LogP) is 10.7. The second kappa shape index (κ2) is 8.85. The van der Waals surface area contributed by atoms with Gasteiger partial charge in [0, 0.05) is 20.2 Å². The van der Waals surface area contributed by atoms with E-state index in [1.807, 2.05) is 11.3 Å². The largest absolute Gasteiger partial charge is 0.135 e. The minimum absolute atomic E-state index is 0.0199. The van der Waals surface area contributed by atoms with Crippen LogP contribution in [0.15, 0.2) is 103 Å². The van der Waals surface area contributed by atoms with Crippen molar-refractivity contribution >= 4 is 42.3 Å². The van der Waals surface area contributed by atoms with Gasteiger partial charge in [0.2, 0.25) is 0 Å². The average molecular weight is 499 g/mol. The molecule has 0 nitrogen and oxygen atoms in total. The predicted molar refractivity (Wildman–Crippen MR) is 164 cm³/mol. The van der Waals surface area contributed by atoms with E-state index in [1.165, 1.54) is 58.8 Å². The molecule has 0 aliphatic rings. The number of fused-ring (bicyclic) bond motifs is 4. The molecule has 0 saturated heterocycles. The molecule has 37 heavy (non-hydrogen) atoms. The number of hydrogen-bond acceptors (Lipinski definition) is 1. The number of benzene rings is 5. The van der Waals surface area contributed by atoms with Crippen molar-refractivity contribution in [2.24, 2.45) is 0 Å². The first-order valence-corrected chi connectivity index (χ1v) is 14.1. The highest BCUT2D eigenvalue weighted by molar-refractivity contribution is 7.26. The summed E-state index contributed by atoms with van der Waals surface area (Å²) in [4.78, 5) is 0. The van der Waals surface area contributed by atoms with Crippen LogP contribution in [0.4, 0.5) is 0 Å². The average Bonchev–Trinajstić information content (AvgIpc) is 3.26. The molecule has 1 heterocycles. The molecule has 0 N–H and O–H groups in total. The van der Waals surface area contributed by atoms with Crippen LogP contribution in [0.25, 0.3) is 42.1 Å². The van der Waals surface area contributed by atoms with Crippen LogP contribution in [0.1, 0.15) is 51.3 Å². The van der Waals surface area contributed by atoms with Gasteiger partial charge < -0.3 is 0 Å². The summed E-state index contributed by atoms with van der Waals surface area (Å²) in [5, 5.41) is 5.44. The van der Waals surface area contributed by atoms with Gasteiger partial charge in [0.25, 0.3) is 0 Å². The molecule has 0 aliphatic heterocycles. The lowest BCUT2D eigenvalue weighted by atomic mass is 9.76. The Kier molecular flexibility index (Phi) is 5.73. The molecule has 1 heteroatoms. The molecule has 6 rings (SSSR count). The number of hydrogen-bond donors (Lipinski definition) is 0. The van der Waals surface area contributed by atoms with Crippen LogP contribution in [-0.4, -0.2) is 0 Å². The lowest BCUT2D eigenvalue weighted by molar-refractivity contribution is 0.528. The summed E-state index contributed by atoms with van der Waals surface area (Å²) >= 11 is 1.93. The standard InChI is InChI=1S/C36H34S/c1-35(2,3)30-20-11-15-24-14-10-18-28(33(24)30)26-16-7-6-13-25(26)23-36(4,5)31-21-12-19-29-27-17-8-9-22-32(27)37-34(29)31/h6-22H,23H2,1-5H3. The van der Waals surface area contributed by atoms with E-state index in [-0.39, 0.29) is 10.8 Å². The Morgan fingerprint density at radius 1 is 0.568 bits per heavy atom. The zero-order valence-corrected chi connectivity index (χ0v) is 23.2. The molecule has 6 aromatic rings. The van der Waals surface area contributed by atoms with Crippen LogP contribution in [0.3, 0.4) is 0 Å². The number of thiophene rings is 1. The Labute approximate surface area is 224 Å². The van der Waals surface area contributed by atoms with Crippen molar-refractivity contribution in [2.75, 3.05) is 0 Å². The fraction of sp³-hybridized carbons (Fsp3) is 0.222. The van der Waals surface area contributed by atoms with Crippen LogP contribution in [0.2, 0.25) is 0 Å². The van der Waals surface area contributed by atoms with Crippen molar-refractivity contribution in [3.63, 3.8) is 0 Å². The van der Waals surface area contributed by atoms with Gasteiger partial charge in [0.15, 0.2) is 0 Å². The Balaban J connectivity index is 1.51. The molecule has 5 aromatic carbocycles. The Bertz CT molecular complexity index is 1750. The molecule has 0 aliphatic carbocycles. The molecule has 0 fully saturated rings. The first kappa shape index (κ1) is 23.9. The van der Waals surface area contributed by atoms with Crippen molar-refractivity contribution in [2.45, 2.75) is 51.9 Å². The van der Waals surface area contributed by atoms with Gasteiger partial charge >= 0.3 is 0 Å². The fourth-order valence-electron chi connectivity index (χ4n) is 5.98. The van der Waals surface area contributed by atoms with Crippen molar-refractivity contribution in [1.82, 2.24) is 0 Å². The van der Waals surface area contributed by atoms with E-state index in [0.717, 1.165) is 6.42 Å². The van der Waals surface area contributed by atoms with Crippen LogP contribution in [0, 0.1) is 0 Å². The van der Waals surface area contributed by atoms with Crippen LogP contribution in [-0.2, 0) is 17.3 Å². The third-order valence-electron chi connectivity index (χ3n) is 7.79. The summed E-state index contributed by atoms with van der Waals surface area (Å²) in [6.45, 7) is 11.8. The van der Waals surface area contributed by atoms with Crippen LogP contribution in [0.5, 0.6) is 0 Å². The lowest BCUT2D eigenvalue weighted by Gasteiger charge is -2.28. The van der Waals surface area contributed by atoms with E-state index in [9.17, 15) is 0 Å². The summed E-state index contributed by atoms with van der Waals surface area (Å²) in [5.74, 6) is 0. The molecule has 0 unspecified atom stereocenters. The molecule has 1 aromatic heterocycles. The van der Waals surface area contributed by atoms with E-state index < -0.39 is 0 Å². The highest BCUT2D eigenvalue weighted by atomic mass is 32.1. The maximum Gasteiger partial charge on any atom is 0.0392 e. The van der Waals surface area contributed by atoms with E-state index in [4.69, 9.17) is 0 Å². The Hall–Kier alpha value is -3.42. The van der Waals surface area contributed by atoms with Crippen molar-refractivity contribution in [1.29, 1.82) is 0 Å². The van der Waals surface area contributed by atoms with E-state index in [2.05, 4.69) is 138 Å². The smallest absolute Gasteiger partial charge is 0.0392 e. The minimum Gasteiger partial charge on any atom is -0.135 e. The van der Waals surface area contributed by atoms with E-state index >= 15 is 0 Å². The van der Waals surface area contributed by atoms with E-state index in [0.29, 0.717) is 0 Å². The summed E-state index contributed by atoms with van der Waals surface area (Å²) in [6, 6.07) is 38.3. The minimum atomic E-state index is -0.0199. The van der Waals surface area contributed by atoms with Gasteiger partial charge in [-0.15, -0.1) is 11.3 Å². The highest BCUT2D eigenvalue weighted by Crippen LogP contribution is 2.43. The van der Waals surface area contributed by atoms with Crippen molar-refractivity contribution < 1.29 is 0 Å². The van der Waals surface area contributed by atoms with Gasteiger partial charge in [-0.05, 0) is 61.9 Å². The normalized spacial score (nSPS) is 12.6. The summed E-state index contributed by atoms with van der Waals surface area (Å²) in [7, 11) is 0. The third kappa shape index (κ3) is 4.16. The second-order valence-corrected chi connectivity index (χ2v) is 13.0. The van der Waals surface area contributed by atoms with Gasteiger partial charge in [-0.3, -0.25) is 0 Å². The maximum absolute atomic E-state index is 2.41. The monoisotopic (exact) mass is 498 g/mol. The second-order valence-electron chi connectivity index (χ2n) is 12.0. The molecule has 0 radical (unpaired) electrons. The van der Waals surface area contributed by atoms with Gasteiger partial charge in [0.1, 0.15) is 0 Å². The fourth-order valence-corrected chi connectivity index (χ4v) is 7.38. The molecule has 184 valence electrons. The van der Waals surface area contributed by atoms with Crippen molar-refractivity contribution in [3.8, 4) is 11.1 Å². The maximum atomic E-state index is 2.41. The van der Waals surface area contributed by atoms with Gasteiger partial charge in [-0.1, -0.05) is 132 Å². The van der Waals surface area contributed by atoms with E-state index in [1.54, 1.807) is 0 Å². The van der Waals surface area contributed by atoms with Crippen LogP contribution >= 0.6 is 11.3 Å². The molecule has 0 atom stereocenters. The molecule has 0 amide bonds. The molecule has 0 spiro atoms. The Morgan fingerprint density at radius 3 is 2.00 bits per heavy atom. The first-order valence-electron chi connectivity index (χ1n) is 13.3. The topological polar surface area (TPSA) is 0 Å². The van der Waals surface area contributed by atoms with Crippen LogP contribution < -0.4 is 0 Å². The number of rotatable bonds is 4. The quantitative estimate of drug-likeness (QED) is 0.227. The summed E-state index contributed by atoms with van der Waals surface area (Å²) in [6.07, 6.45) is 0.977. The lowest BCUT2D eigenvalue weighted by Crippen LogP contribution is -2.21. The molecular formula is C36H34S.